The van der Waals surface area contributed by atoms with Gasteiger partial charge in [0.1, 0.15) is 17.8 Å². The predicted octanol–water partition coefficient (Wildman–Crippen LogP) is 5.05. The average molecular weight is 343 g/mol. The molecular formula is C17H23ClO3S. The van der Waals surface area contributed by atoms with Gasteiger partial charge in [0, 0.05) is 28.6 Å². The summed E-state index contributed by atoms with van der Waals surface area (Å²) in [5.41, 5.74) is 0.992. The number of hydrogen-bond acceptors (Lipinski definition) is 4. The summed E-state index contributed by atoms with van der Waals surface area (Å²) in [5, 5.41) is 1.22. The molecule has 0 spiro atoms. The van der Waals surface area contributed by atoms with E-state index in [9.17, 15) is 4.79 Å². The summed E-state index contributed by atoms with van der Waals surface area (Å²) in [4.78, 5) is 11.1. The van der Waals surface area contributed by atoms with Gasteiger partial charge >= 0.3 is 0 Å². The van der Waals surface area contributed by atoms with Crippen molar-refractivity contribution >= 4 is 29.6 Å². The number of halogens is 1. The zero-order valence-electron chi connectivity index (χ0n) is 13.1. The van der Waals surface area contributed by atoms with Crippen molar-refractivity contribution in [3.63, 3.8) is 0 Å². The smallest absolute Gasteiger partial charge is 0.138 e. The summed E-state index contributed by atoms with van der Waals surface area (Å²) >= 11 is 8.06. The quantitative estimate of drug-likeness (QED) is 0.649. The van der Waals surface area contributed by atoms with E-state index in [-0.39, 0.29) is 5.25 Å². The molecule has 0 aliphatic heterocycles. The number of carbonyl (C=O) groups excluding carboxylic acids is 1. The van der Waals surface area contributed by atoms with Crippen LogP contribution in [0.15, 0.2) is 12.1 Å². The highest BCUT2D eigenvalue weighted by Crippen LogP contribution is 2.45. The molecule has 0 radical (unpaired) electrons. The SMILES string of the molecule is COc1cc(C(CC=O)SC2CCCCC2)c(OC)cc1Cl. The second kappa shape index (κ2) is 8.68. The Bertz CT molecular complexity index is 501. The van der Waals surface area contributed by atoms with Gasteiger partial charge < -0.3 is 14.3 Å². The van der Waals surface area contributed by atoms with Crippen LogP contribution in [0.1, 0.15) is 49.3 Å². The Morgan fingerprint density at radius 1 is 1.23 bits per heavy atom. The number of rotatable bonds is 7. The van der Waals surface area contributed by atoms with Gasteiger partial charge in [-0.2, -0.15) is 0 Å². The molecule has 0 amide bonds. The van der Waals surface area contributed by atoms with E-state index in [1.807, 2.05) is 17.8 Å². The number of ether oxygens (including phenoxy) is 2. The minimum Gasteiger partial charge on any atom is -0.496 e. The van der Waals surface area contributed by atoms with Gasteiger partial charge in [0.2, 0.25) is 0 Å². The first-order valence-corrected chi connectivity index (χ1v) is 9.02. The molecule has 122 valence electrons. The minimum absolute atomic E-state index is 0.0849. The van der Waals surface area contributed by atoms with E-state index in [1.165, 1.54) is 32.1 Å². The normalized spacial score (nSPS) is 17.0. The average Bonchev–Trinajstić information content (AvgIpc) is 2.55. The minimum atomic E-state index is 0.0849. The molecule has 1 aromatic carbocycles. The molecule has 1 saturated carbocycles. The molecule has 2 rings (SSSR count). The van der Waals surface area contributed by atoms with E-state index in [0.717, 1.165) is 17.6 Å². The van der Waals surface area contributed by atoms with Crippen LogP contribution in [-0.4, -0.2) is 25.8 Å². The van der Waals surface area contributed by atoms with Gasteiger partial charge in [-0.05, 0) is 18.9 Å². The van der Waals surface area contributed by atoms with Gasteiger partial charge in [-0.1, -0.05) is 30.9 Å². The molecule has 1 aromatic rings. The van der Waals surface area contributed by atoms with E-state index < -0.39 is 0 Å². The van der Waals surface area contributed by atoms with Crippen molar-refractivity contribution in [1.82, 2.24) is 0 Å². The molecule has 1 aliphatic rings. The van der Waals surface area contributed by atoms with Crippen molar-refractivity contribution in [1.29, 1.82) is 0 Å². The Labute approximate surface area is 141 Å². The number of methoxy groups -OCH3 is 2. The van der Waals surface area contributed by atoms with E-state index in [1.54, 1.807) is 20.3 Å². The van der Waals surface area contributed by atoms with Crippen LogP contribution in [0.5, 0.6) is 11.5 Å². The maximum absolute atomic E-state index is 11.1. The van der Waals surface area contributed by atoms with E-state index in [4.69, 9.17) is 21.1 Å². The third-order valence-electron chi connectivity index (χ3n) is 4.07. The molecule has 0 N–H and O–H groups in total. The number of aldehydes is 1. The molecule has 22 heavy (non-hydrogen) atoms. The summed E-state index contributed by atoms with van der Waals surface area (Å²) in [7, 11) is 3.23. The molecule has 0 heterocycles. The van der Waals surface area contributed by atoms with Gasteiger partial charge in [0.05, 0.1) is 19.2 Å². The zero-order chi connectivity index (χ0) is 15.9. The maximum atomic E-state index is 11.1. The van der Waals surface area contributed by atoms with Crippen LogP contribution < -0.4 is 9.47 Å². The lowest BCUT2D eigenvalue weighted by molar-refractivity contribution is -0.107. The topological polar surface area (TPSA) is 35.5 Å². The fourth-order valence-corrected chi connectivity index (χ4v) is 4.73. The van der Waals surface area contributed by atoms with E-state index >= 15 is 0 Å². The largest absolute Gasteiger partial charge is 0.496 e. The molecule has 0 saturated heterocycles. The molecule has 5 heteroatoms. The van der Waals surface area contributed by atoms with Crippen molar-refractivity contribution < 1.29 is 14.3 Å². The Balaban J connectivity index is 2.27. The number of benzene rings is 1. The van der Waals surface area contributed by atoms with Crippen LogP contribution in [0.25, 0.3) is 0 Å². The third-order valence-corrected chi connectivity index (χ3v) is 6.00. The van der Waals surface area contributed by atoms with Gasteiger partial charge in [-0.25, -0.2) is 0 Å². The zero-order valence-corrected chi connectivity index (χ0v) is 14.7. The Morgan fingerprint density at radius 3 is 2.50 bits per heavy atom. The highest BCUT2D eigenvalue weighted by molar-refractivity contribution is 8.00. The number of carbonyl (C=O) groups is 1. The van der Waals surface area contributed by atoms with Crippen LogP contribution >= 0.6 is 23.4 Å². The first kappa shape index (κ1) is 17.5. The highest BCUT2D eigenvalue weighted by atomic mass is 35.5. The molecule has 0 aromatic heterocycles. The lowest BCUT2D eigenvalue weighted by atomic mass is 10.0. The van der Waals surface area contributed by atoms with E-state index in [0.29, 0.717) is 22.4 Å². The Kier molecular flexibility index (Phi) is 6.90. The van der Waals surface area contributed by atoms with E-state index in [2.05, 4.69) is 0 Å². The van der Waals surface area contributed by atoms with Crippen LogP contribution in [-0.2, 0) is 4.79 Å². The first-order chi connectivity index (χ1) is 10.7. The van der Waals surface area contributed by atoms with Gasteiger partial charge in [0.15, 0.2) is 0 Å². The highest BCUT2D eigenvalue weighted by Gasteiger charge is 2.24. The molecule has 0 bridgehead atoms. The lowest BCUT2D eigenvalue weighted by Gasteiger charge is -2.26. The first-order valence-electron chi connectivity index (χ1n) is 7.70. The van der Waals surface area contributed by atoms with Crippen molar-refractivity contribution in [3.8, 4) is 11.5 Å². The fraction of sp³-hybridized carbons (Fsp3) is 0.588. The van der Waals surface area contributed by atoms with Crippen LogP contribution in [0.2, 0.25) is 5.02 Å². The molecular weight excluding hydrogens is 320 g/mol. The van der Waals surface area contributed by atoms with Gasteiger partial charge in [-0.15, -0.1) is 11.8 Å². The van der Waals surface area contributed by atoms with Crippen molar-refractivity contribution in [2.45, 2.75) is 49.0 Å². The van der Waals surface area contributed by atoms with Crippen molar-refractivity contribution in [2.75, 3.05) is 14.2 Å². The number of hydrogen-bond donors (Lipinski definition) is 0. The lowest BCUT2D eigenvalue weighted by Crippen LogP contribution is -2.11. The molecule has 3 nitrogen and oxygen atoms in total. The van der Waals surface area contributed by atoms with Crippen LogP contribution in [0.4, 0.5) is 0 Å². The summed E-state index contributed by atoms with van der Waals surface area (Å²) < 4.78 is 10.8. The van der Waals surface area contributed by atoms with Crippen molar-refractivity contribution in [3.05, 3.63) is 22.7 Å². The second-order valence-corrected chi connectivity index (χ2v) is 7.43. The standard InChI is InChI=1S/C17H23ClO3S/c1-20-15-11-14(18)16(21-2)10-13(15)17(8-9-19)22-12-6-4-3-5-7-12/h9-12,17H,3-8H2,1-2H3. The van der Waals surface area contributed by atoms with Gasteiger partial charge in [-0.3, -0.25) is 0 Å². The van der Waals surface area contributed by atoms with Crippen molar-refractivity contribution in [2.24, 2.45) is 0 Å². The molecule has 1 atom stereocenters. The Hall–Kier alpha value is -0.870. The summed E-state index contributed by atoms with van der Waals surface area (Å²) in [5.74, 6) is 1.35. The summed E-state index contributed by atoms with van der Waals surface area (Å²) in [6, 6.07) is 3.68. The third kappa shape index (κ3) is 4.32. The summed E-state index contributed by atoms with van der Waals surface area (Å²) in [6.45, 7) is 0. The summed E-state index contributed by atoms with van der Waals surface area (Å²) in [6.07, 6.45) is 7.82. The fourth-order valence-electron chi connectivity index (χ4n) is 2.91. The molecule has 1 unspecified atom stereocenters. The van der Waals surface area contributed by atoms with Crippen LogP contribution in [0, 0.1) is 0 Å². The number of thioether (sulfide) groups is 1. The van der Waals surface area contributed by atoms with Crippen LogP contribution in [0.3, 0.4) is 0 Å². The molecule has 1 fully saturated rings. The van der Waals surface area contributed by atoms with Gasteiger partial charge in [0.25, 0.3) is 0 Å². The molecule has 1 aliphatic carbocycles. The monoisotopic (exact) mass is 342 g/mol. The second-order valence-electron chi connectivity index (χ2n) is 5.52. The Morgan fingerprint density at radius 2 is 1.91 bits per heavy atom. The maximum Gasteiger partial charge on any atom is 0.138 e. The predicted molar refractivity (Wildman–Crippen MR) is 92.4 cm³/mol.